The number of thiazole rings is 1. The number of carbonyl (C=O) groups excluding carboxylic acids is 3. The topological polar surface area (TPSA) is 138 Å². The molecule has 3 aliphatic heterocycles. The number of amides is 1. The van der Waals surface area contributed by atoms with Gasteiger partial charge in [0.25, 0.3) is 5.12 Å². The summed E-state index contributed by atoms with van der Waals surface area (Å²) in [5, 5.41) is 16.0. The predicted molar refractivity (Wildman–Crippen MR) is 152 cm³/mol. The summed E-state index contributed by atoms with van der Waals surface area (Å²) in [7, 11) is -1.29. The van der Waals surface area contributed by atoms with Crippen molar-refractivity contribution in [1.82, 2.24) is 10.3 Å². The first kappa shape index (κ1) is 30.2. The van der Waals surface area contributed by atoms with E-state index in [0.717, 1.165) is 18.4 Å². The number of carbonyl (C=O) groups is 3. The first-order valence-corrected chi connectivity index (χ1v) is 16.3. The Morgan fingerprint density at radius 1 is 1.26 bits per heavy atom. The summed E-state index contributed by atoms with van der Waals surface area (Å²) in [6.07, 6.45) is 9.50. The van der Waals surface area contributed by atoms with E-state index in [4.69, 9.17) is 9.47 Å². The molecular weight excluding hydrogens is 561 g/mol. The van der Waals surface area contributed by atoms with Gasteiger partial charge in [-0.25, -0.2) is 4.98 Å². The van der Waals surface area contributed by atoms with E-state index < -0.39 is 50.0 Å². The Hall–Kier alpha value is -1.80. The summed E-state index contributed by atoms with van der Waals surface area (Å²) in [5.74, 6) is -0.701. The lowest BCUT2D eigenvalue weighted by Gasteiger charge is -2.35. The summed E-state index contributed by atoms with van der Waals surface area (Å²) >= 11 is 1.37. The molecule has 1 aromatic rings. The fourth-order valence-electron chi connectivity index (χ4n) is 4.72. The number of hydrogen-bond acceptors (Lipinski definition) is 10. The quantitative estimate of drug-likeness (QED) is 0.296. The van der Waals surface area contributed by atoms with Crippen LogP contribution in [0.3, 0.4) is 0 Å². The summed E-state index contributed by atoms with van der Waals surface area (Å²) < 4.78 is 23.5. The molecule has 1 spiro atoms. The maximum Gasteiger partial charge on any atom is 0.276 e. The number of fused-ring (bicyclic) bond motifs is 2. The zero-order valence-electron chi connectivity index (χ0n) is 22.2. The van der Waals surface area contributed by atoms with Crippen LogP contribution in [-0.2, 0) is 34.1 Å². The number of nitrogens with zero attached hydrogens (tertiary/aromatic N) is 1. The van der Waals surface area contributed by atoms with Gasteiger partial charge in [0.1, 0.15) is 11.1 Å². The van der Waals surface area contributed by atoms with Crippen molar-refractivity contribution in [2.24, 2.45) is 0 Å². The molecule has 0 aromatic carbocycles. The maximum atomic E-state index is 13.3. The molecule has 9 nitrogen and oxygen atoms in total. The second-order valence-corrected chi connectivity index (χ2v) is 14.3. The van der Waals surface area contributed by atoms with Gasteiger partial charge in [-0.05, 0) is 64.7 Å². The summed E-state index contributed by atoms with van der Waals surface area (Å²) in [4.78, 5) is 43.5. The zero-order chi connectivity index (χ0) is 28.2. The highest BCUT2D eigenvalue weighted by atomic mass is 33.1. The molecule has 6 atom stereocenters. The van der Waals surface area contributed by atoms with Crippen molar-refractivity contribution in [3.63, 3.8) is 0 Å². The summed E-state index contributed by atoms with van der Waals surface area (Å²) in [5.41, 5.74) is -0.562. The monoisotopic (exact) mass is 594 g/mol. The van der Waals surface area contributed by atoms with Crippen molar-refractivity contribution in [3.8, 4) is 0 Å². The first-order chi connectivity index (χ1) is 18.5. The van der Waals surface area contributed by atoms with Crippen LogP contribution in [0.25, 0.3) is 6.08 Å². The molecule has 2 fully saturated rings. The number of nitrogens with one attached hydrogen (secondary N) is 1. The molecule has 2 bridgehead atoms. The molecule has 0 radical (unpaired) electrons. The smallest absolute Gasteiger partial charge is 0.276 e. The Morgan fingerprint density at radius 2 is 2.03 bits per heavy atom. The molecule has 0 aliphatic carbocycles. The molecule has 0 saturated carbocycles. The fraction of sp³-hybridized carbons (Fsp3) is 0.556. The molecule has 2 saturated heterocycles. The van der Waals surface area contributed by atoms with Crippen LogP contribution in [0.15, 0.2) is 35.3 Å². The molecule has 2 N–H and O–H groups in total. The highest BCUT2D eigenvalue weighted by Gasteiger charge is 2.69. The molecule has 4 heterocycles. The molecular formula is C27H34N2O7S3. The van der Waals surface area contributed by atoms with E-state index in [2.05, 4.69) is 10.3 Å². The van der Waals surface area contributed by atoms with Crippen LogP contribution < -0.4 is 5.32 Å². The molecule has 39 heavy (non-hydrogen) atoms. The Labute approximate surface area is 239 Å². The van der Waals surface area contributed by atoms with Gasteiger partial charge in [-0.2, -0.15) is 0 Å². The van der Waals surface area contributed by atoms with Crippen molar-refractivity contribution < 1.29 is 33.5 Å². The molecule has 4 unspecified atom stereocenters. The van der Waals surface area contributed by atoms with E-state index in [0.29, 0.717) is 34.5 Å². The van der Waals surface area contributed by atoms with Gasteiger partial charge in [0.15, 0.2) is 33.2 Å². The van der Waals surface area contributed by atoms with Crippen LogP contribution in [-0.4, -0.2) is 60.8 Å². The van der Waals surface area contributed by atoms with Crippen molar-refractivity contribution in [1.29, 1.82) is 0 Å². The van der Waals surface area contributed by atoms with Crippen LogP contribution >= 0.6 is 22.1 Å². The second kappa shape index (κ2) is 12.8. The fourth-order valence-corrected chi connectivity index (χ4v) is 9.46. The third-order valence-corrected chi connectivity index (χ3v) is 12.2. The summed E-state index contributed by atoms with van der Waals surface area (Å²) in [6, 6.07) is -0.428. The van der Waals surface area contributed by atoms with Gasteiger partial charge in [0.2, 0.25) is 5.91 Å². The minimum Gasteiger partial charge on any atom is -0.604 e. The molecule has 3 aliphatic rings. The van der Waals surface area contributed by atoms with Gasteiger partial charge >= 0.3 is 0 Å². The Morgan fingerprint density at radius 3 is 2.72 bits per heavy atom. The number of ether oxygens (including phenoxy) is 2. The van der Waals surface area contributed by atoms with Crippen LogP contribution in [0.5, 0.6) is 0 Å². The van der Waals surface area contributed by atoms with Crippen molar-refractivity contribution in [2.45, 2.75) is 88.1 Å². The van der Waals surface area contributed by atoms with Gasteiger partial charge in [-0.1, -0.05) is 17.7 Å². The molecule has 1 aromatic heterocycles. The number of hydrogen-bond donors (Lipinski definition) is 2. The number of aliphatic hydroxyl groups is 1. The minimum absolute atomic E-state index is 0.0936. The SMILES string of the molecule is C/C1=C\C(OC2CCCCO2)C(=O)/C=C/C=C\c2csc(n2)C(C)NC(=O)C[C@@]2(CC1)[S+]([O-])SC(=O)[C@]2(C)O. The van der Waals surface area contributed by atoms with E-state index in [-0.39, 0.29) is 25.0 Å². The molecule has 4 rings (SSSR count). The normalized spacial score (nSPS) is 38.0. The van der Waals surface area contributed by atoms with E-state index in [1.807, 2.05) is 12.3 Å². The third-order valence-electron chi connectivity index (χ3n) is 7.20. The van der Waals surface area contributed by atoms with Crippen molar-refractivity contribution in [3.05, 3.63) is 46.0 Å². The van der Waals surface area contributed by atoms with Crippen LogP contribution in [0.2, 0.25) is 0 Å². The van der Waals surface area contributed by atoms with E-state index in [1.54, 1.807) is 31.2 Å². The molecule has 212 valence electrons. The average Bonchev–Trinajstić information content (AvgIpc) is 3.42. The largest absolute Gasteiger partial charge is 0.604 e. The van der Waals surface area contributed by atoms with E-state index >= 15 is 0 Å². The minimum atomic E-state index is -1.98. The van der Waals surface area contributed by atoms with Crippen LogP contribution in [0.1, 0.15) is 76.0 Å². The van der Waals surface area contributed by atoms with Crippen molar-refractivity contribution >= 4 is 55.2 Å². The lowest BCUT2D eigenvalue weighted by molar-refractivity contribution is -0.181. The van der Waals surface area contributed by atoms with Gasteiger partial charge in [-0.3, -0.25) is 14.4 Å². The van der Waals surface area contributed by atoms with Gasteiger partial charge in [-0.15, -0.1) is 11.3 Å². The Kier molecular flexibility index (Phi) is 9.90. The number of ketones is 1. The number of allylic oxidation sites excluding steroid dienone is 3. The number of rotatable bonds is 2. The lowest BCUT2D eigenvalue weighted by atomic mass is 9.81. The van der Waals surface area contributed by atoms with Crippen LogP contribution in [0.4, 0.5) is 0 Å². The van der Waals surface area contributed by atoms with Gasteiger partial charge in [0, 0.05) is 28.6 Å². The third kappa shape index (κ3) is 6.92. The van der Waals surface area contributed by atoms with E-state index in [9.17, 15) is 24.0 Å². The van der Waals surface area contributed by atoms with E-state index in [1.165, 1.54) is 24.3 Å². The highest BCUT2D eigenvalue weighted by molar-refractivity contribution is 8.79. The lowest BCUT2D eigenvalue weighted by Crippen LogP contribution is -2.56. The Balaban J connectivity index is 1.68. The maximum absolute atomic E-state index is 13.3. The Bertz CT molecular complexity index is 1170. The van der Waals surface area contributed by atoms with Crippen molar-refractivity contribution in [2.75, 3.05) is 6.61 Å². The van der Waals surface area contributed by atoms with Gasteiger partial charge < -0.3 is 24.4 Å². The second-order valence-electron chi connectivity index (χ2n) is 10.2. The molecule has 12 heteroatoms. The molecule has 1 amide bonds. The standard InChI is InChI=1S/C27H34N2O7S3/c1-17-11-12-27(26(3,33)25(32)38-39(27)34)15-22(31)28-18(2)24-29-19(16-37-24)8-4-5-9-20(30)21(14-17)36-23-10-6-7-13-35-23/h4-5,8-9,14,16,18,21,23,33H,6-7,10-13,15H2,1-3H3,(H,28,31)/b8-4-,9-5+,17-14+/t18?,21?,23?,26-,27+,39?/m0/s1. The summed E-state index contributed by atoms with van der Waals surface area (Å²) in [6.45, 7) is 5.50. The number of aromatic nitrogens is 1. The predicted octanol–water partition coefficient (Wildman–Crippen LogP) is 3.93. The first-order valence-electron chi connectivity index (χ1n) is 13.0. The average molecular weight is 595 g/mol. The van der Waals surface area contributed by atoms with Gasteiger partial charge in [0.05, 0.1) is 18.2 Å². The zero-order valence-corrected chi connectivity index (χ0v) is 24.7. The highest BCUT2D eigenvalue weighted by Crippen LogP contribution is 2.53. The van der Waals surface area contributed by atoms with Crippen LogP contribution in [0, 0.1) is 0 Å².